The van der Waals surface area contributed by atoms with E-state index in [9.17, 15) is 18.8 Å². The van der Waals surface area contributed by atoms with Gasteiger partial charge in [-0.3, -0.25) is 14.4 Å². The lowest BCUT2D eigenvalue weighted by molar-refractivity contribution is -0.128. The summed E-state index contributed by atoms with van der Waals surface area (Å²) in [4.78, 5) is 40.5. The molecule has 0 unspecified atom stereocenters. The van der Waals surface area contributed by atoms with Gasteiger partial charge < -0.3 is 15.5 Å². The minimum Gasteiger partial charge on any atom is -0.353 e. The number of nitrogens with zero attached hydrogens (tertiary/aromatic N) is 1. The molecular formula is C30H33Cl2F2N3O3. The molecule has 0 radical (unpaired) electrons. The molecule has 6 nitrogen and oxygen atoms in total. The molecule has 2 saturated carbocycles. The lowest BCUT2D eigenvalue weighted by atomic mass is 9.76. The Kier molecular flexibility index (Phi) is 8.39. The van der Waals surface area contributed by atoms with Crippen molar-refractivity contribution >= 4 is 46.6 Å². The van der Waals surface area contributed by atoms with Crippen LogP contribution in [-0.2, 0) is 14.4 Å². The van der Waals surface area contributed by atoms with E-state index in [1.54, 1.807) is 0 Å². The molecule has 40 heavy (non-hydrogen) atoms. The van der Waals surface area contributed by atoms with E-state index in [2.05, 4.69) is 17.6 Å². The molecule has 3 fully saturated rings. The smallest absolute Gasteiger partial charge is 0.227 e. The number of carbonyl (C=O) groups is 3. The molecule has 1 saturated heterocycles. The van der Waals surface area contributed by atoms with E-state index in [0.29, 0.717) is 24.9 Å². The van der Waals surface area contributed by atoms with Crippen molar-refractivity contribution in [3.05, 3.63) is 63.6 Å². The van der Waals surface area contributed by atoms with Gasteiger partial charge in [0.15, 0.2) is 0 Å². The Labute approximate surface area is 242 Å². The van der Waals surface area contributed by atoms with E-state index < -0.39 is 23.6 Å². The standard InChI is InChI=1S/C30H33Cl2F2N3O3/c1-30(12-2-3-13-30)27(25-23(34)11-10-22(31)26(25)32)36-28(39)17-4-7-20(14-17)35-29(40)18-15-24(38)37(16-18)21-8-5-19(33)6-9-21/h5-6,8-11,17-18,20,27H,2-4,7,12-16H2,1H3,(H,35,40)(H,36,39)/t17-,18-,20+,27+/m0/s1. The maximum atomic E-state index is 15.1. The lowest BCUT2D eigenvalue weighted by Gasteiger charge is -2.36. The van der Waals surface area contributed by atoms with Crippen LogP contribution >= 0.6 is 23.2 Å². The van der Waals surface area contributed by atoms with Gasteiger partial charge in [0.2, 0.25) is 17.7 Å². The number of anilines is 1. The van der Waals surface area contributed by atoms with E-state index in [1.807, 2.05) is 0 Å². The Bertz CT molecular complexity index is 1300. The normalized spacial score (nSPS) is 24.8. The van der Waals surface area contributed by atoms with Crippen LogP contribution in [0.25, 0.3) is 0 Å². The van der Waals surface area contributed by atoms with Crippen molar-refractivity contribution in [2.75, 3.05) is 11.4 Å². The zero-order valence-electron chi connectivity index (χ0n) is 22.3. The van der Waals surface area contributed by atoms with E-state index in [1.165, 1.54) is 41.3 Å². The average Bonchev–Trinajstić information content (AvgIpc) is 3.67. The third-order valence-electron chi connectivity index (χ3n) is 8.88. The molecule has 2 N–H and O–H groups in total. The number of benzene rings is 2. The summed E-state index contributed by atoms with van der Waals surface area (Å²) in [7, 11) is 0. The van der Waals surface area contributed by atoms with Crippen LogP contribution in [0.4, 0.5) is 14.5 Å². The number of halogens is 4. The molecule has 10 heteroatoms. The maximum Gasteiger partial charge on any atom is 0.227 e. The fourth-order valence-electron chi connectivity index (χ4n) is 6.56. The number of nitrogens with one attached hydrogen (secondary N) is 2. The summed E-state index contributed by atoms with van der Waals surface area (Å²) in [6, 6.07) is 7.49. The number of rotatable bonds is 7. The number of amides is 3. The van der Waals surface area contributed by atoms with Gasteiger partial charge in [0.25, 0.3) is 0 Å². The van der Waals surface area contributed by atoms with Crippen LogP contribution < -0.4 is 15.5 Å². The van der Waals surface area contributed by atoms with Crippen molar-refractivity contribution in [1.82, 2.24) is 10.6 Å². The summed E-state index contributed by atoms with van der Waals surface area (Å²) < 4.78 is 28.4. The van der Waals surface area contributed by atoms with Crippen molar-refractivity contribution in [2.45, 2.75) is 70.4 Å². The molecule has 0 spiro atoms. The highest BCUT2D eigenvalue weighted by molar-refractivity contribution is 6.42. The van der Waals surface area contributed by atoms with Crippen LogP contribution in [-0.4, -0.2) is 30.3 Å². The van der Waals surface area contributed by atoms with Crippen molar-refractivity contribution in [3.8, 4) is 0 Å². The van der Waals surface area contributed by atoms with Crippen LogP contribution in [0.5, 0.6) is 0 Å². The van der Waals surface area contributed by atoms with Crippen LogP contribution in [0, 0.1) is 28.9 Å². The molecule has 2 aromatic carbocycles. The van der Waals surface area contributed by atoms with Crippen LogP contribution in [0.2, 0.25) is 10.0 Å². The minimum absolute atomic E-state index is 0.0755. The summed E-state index contributed by atoms with van der Waals surface area (Å²) in [5.41, 5.74) is 0.426. The Balaban J connectivity index is 1.22. The highest BCUT2D eigenvalue weighted by Gasteiger charge is 2.43. The molecule has 5 rings (SSSR count). The largest absolute Gasteiger partial charge is 0.353 e. The second-order valence-electron chi connectivity index (χ2n) is 11.7. The molecule has 4 atom stereocenters. The van der Waals surface area contributed by atoms with Crippen LogP contribution in [0.1, 0.15) is 69.9 Å². The number of hydrogen-bond acceptors (Lipinski definition) is 3. The average molecular weight is 593 g/mol. The minimum atomic E-state index is -0.621. The molecule has 3 aliphatic rings. The first-order chi connectivity index (χ1) is 19.1. The van der Waals surface area contributed by atoms with Gasteiger partial charge in [-0.15, -0.1) is 0 Å². The zero-order valence-corrected chi connectivity index (χ0v) is 23.8. The van der Waals surface area contributed by atoms with Gasteiger partial charge in [-0.2, -0.15) is 0 Å². The fourth-order valence-corrected chi connectivity index (χ4v) is 6.98. The molecule has 1 aliphatic heterocycles. The van der Waals surface area contributed by atoms with Crippen LogP contribution in [0.3, 0.4) is 0 Å². The first-order valence-corrected chi connectivity index (χ1v) is 14.6. The van der Waals surface area contributed by atoms with Gasteiger partial charge in [-0.1, -0.05) is 43.0 Å². The molecule has 0 bridgehead atoms. The summed E-state index contributed by atoms with van der Waals surface area (Å²) in [6.07, 6.45) is 5.38. The molecule has 214 valence electrons. The number of carbonyl (C=O) groups excluding carboxylic acids is 3. The second-order valence-corrected chi connectivity index (χ2v) is 12.4. The predicted octanol–water partition coefficient (Wildman–Crippen LogP) is 6.35. The highest BCUT2D eigenvalue weighted by atomic mass is 35.5. The van der Waals surface area contributed by atoms with Gasteiger partial charge >= 0.3 is 0 Å². The third-order valence-corrected chi connectivity index (χ3v) is 9.70. The maximum absolute atomic E-state index is 15.1. The van der Waals surface area contributed by atoms with E-state index in [0.717, 1.165) is 25.7 Å². The zero-order chi connectivity index (χ0) is 28.6. The van der Waals surface area contributed by atoms with Gasteiger partial charge in [-0.05, 0) is 73.9 Å². The topological polar surface area (TPSA) is 78.5 Å². The lowest BCUT2D eigenvalue weighted by Crippen LogP contribution is -2.42. The van der Waals surface area contributed by atoms with E-state index in [-0.39, 0.29) is 63.7 Å². The molecule has 2 aliphatic carbocycles. The quantitative estimate of drug-likeness (QED) is 0.368. The Hall–Kier alpha value is -2.71. The first kappa shape index (κ1) is 28.8. The molecule has 0 aromatic heterocycles. The fraction of sp³-hybridized carbons (Fsp3) is 0.500. The van der Waals surface area contributed by atoms with Gasteiger partial charge in [0, 0.05) is 36.2 Å². The Morgan fingerprint density at radius 2 is 1.70 bits per heavy atom. The van der Waals surface area contributed by atoms with E-state index in [4.69, 9.17) is 23.2 Å². The van der Waals surface area contributed by atoms with Gasteiger partial charge in [0.05, 0.1) is 22.0 Å². The van der Waals surface area contributed by atoms with E-state index >= 15 is 4.39 Å². The summed E-state index contributed by atoms with van der Waals surface area (Å²) in [5, 5.41) is 6.51. The molecule has 1 heterocycles. The summed E-state index contributed by atoms with van der Waals surface area (Å²) in [5.74, 6) is -2.37. The molecule has 3 amide bonds. The second kappa shape index (κ2) is 11.6. The monoisotopic (exact) mass is 591 g/mol. The third kappa shape index (κ3) is 5.84. The summed E-state index contributed by atoms with van der Waals surface area (Å²) in [6.45, 7) is 2.27. The van der Waals surface area contributed by atoms with Crippen molar-refractivity contribution in [2.24, 2.45) is 17.3 Å². The first-order valence-electron chi connectivity index (χ1n) is 13.9. The van der Waals surface area contributed by atoms with Crippen molar-refractivity contribution < 1.29 is 23.2 Å². The van der Waals surface area contributed by atoms with Crippen molar-refractivity contribution in [3.63, 3.8) is 0 Å². The molecular weight excluding hydrogens is 559 g/mol. The molecule has 2 aromatic rings. The van der Waals surface area contributed by atoms with Gasteiger partial charge in [-0.25, -0.2) is 8.78 Å². The Morgan fingerprint density at radius 3 is 2.40 bits per heavy atom. The Morgan fingerprint density at radius 1 is 1.00 bits per heavy atom. The number of hydrogen-bond donors (Lipinski definition) is 2. The highest BCUT2D eigenvalue weighted by Crippen LogP contribution is 2.50. The van der Waals surface area contributed by atoms with Crippen LogP contribution in [0.15, 0.2) is 36.4 Å². The SMILES string of the molecule is CC1([C@H](NC(=O)[C@H]2CC[C@@H](NC(=O)[C@H]3CC(=O)N(c4ccc(F)cc4)C3)C2)c2c(F)ccc(Cl)c2Cl)CCCC1. The van der Waals surface area contributed by atoms with Gasteiger partial charge in [0.1, 0.15) is 11.6 Å². The predicted molar refractivity (Wildman–Crippen MR) is 150 cm³/mol. The van der Waals surface area contributed by atoms with Crippen molar-refractivity contribution in [1.29, 1.82) is 0 Å². The summed E-state index contributed by atoms with van der Waals surface area (Å²) >= 11 is 12.7.